The Morgan fingerprint density at radius 2 is 0.748 bits per heavy atom. The molecule has 0 radical (unpaired) electrons. The van der Waals surface area contributed by atoms with Gasteiger partial charge in [-0.05, 0) is 197 Å². The van der Waals surface area contributed by atoms with Gasteiger partial charge in [-0.25, -0.2) is 34.4 Å². The molecule has 4 saturated carbocycles. The summed E-state index contributed by atoms with van der Waals surface area (Å²) in [7, 11) is -22.3. The molecule has 34 nitrogen and oxygen atoms in total. The van der Waals surface area contributed by atoms with Crippen LogP contribution in [0.1, 0.15) is 113 Å². The first-order chi connectivity index (χ1) is 64.1. The molecule has 0 saturated heterocycles. The van der Waals surface area contributed by atoms with Gasteiger partial charge in [-0.2, -0.15) is 19.1 Å². The smallest absolute Gasteiger partial charge is 0.348 e. The van der Waals surface area contributed by atoms with Crippen LogP contribution in [0.4, 0.5) is 51.7 Å². The Labute approximate surface area is 768 Å². The molecule has 11 N–H and O–H groups in total. The van der Waals surface area contributed by atoms with Gasteiger partial charge in [0.1, 0.15) is 68.5 Å². The van der Waals surface area contributed by atoms with Gasteiger partial charge in [-0.3, -0.25) is 46.5 Å². The number of aromatic nitrogens is 4. The lowest BCUT2D eigenvalue weighted by molar-refractivity contribution is 0.341. The fourth-order valence-corrected chi connectivity index (χ4v) is 24.3. The number of benzene rings is 8. The molecule has 44 heteroatoms. The van der Waals surface area contributed by atoms with Crippen molar-refractivity contribution >= 4 is 172 Å². The molecule has 8 aliphatic rings. The molecular weight excluding hydrogens is 1870 g/mol. The summed E-state index contributed by atoms with van der Waals surface area (Å²) in [6.45, 7) is 5.02. The van der Waals surface area contributed by atoms with E-state index in [9.17, 15) is 102 Å². The molecule has 0 bridgehead atoms. The lowest BCUT2D eigenvalue weighted by Crippen LogP contribution is -2.34. The zero-order valence-corrected chi connectivity index (χ0v) is 78.3. The van der Waals surface area contributed by atoms with Gasteiger partial charge < -0.3 is 78.8 Å². The molecule has 706 valence electrons. The summed E-state index contributed by atoms with van der Waals surface area (Å²) in [6.07, 6.45) is 13.9. The third kappa shape index (κ3) is 19.4. The number of amidine groups is 4. The number of aryl methyl sites for hydroxylation is 4. The van der Waals surface area contributed by atoms with E-state index < -0.39 is 119 Å². The Kier molecular flexibility index (Phi) is 25.7. The van der Waals surface area contributed by atoms with E-state index in [-0.39, 0.29) is 119 Å². The van der Waals surface area contributed by atoms with Gasteiger partial charge in [0.2, 0.25) is 20.0 Å². The second-order valence-electron chi connectivity index (χ2n) is 34.1. The molecule has 12 aromatic rings. The zero-order valence-electron chi connectivity index (χ0n) is 73.1. The highest BCUT2D eigenvalue weighted by molar-refractivity contribution is 7.92. The molecular formula is C91H92F4N14O20P4S2. The predicted octanol–water partition coefficient (Wildman–Crippen LogP) is 14.2. The third-order valence-electron chi connectivity index (χ3n) is 24.4. The highest BCUT2D eigenvalue weighted by Crippen LogP contribution is 2.55. The molecule has 0 amide bonds. The number of para-hydroxylation sites is 2. The van der Waals surface area contributed by atoms with Crippen LogP contribution in [-0.2, 0) is 73.5 Å². The molecule has 4 aromatic heterocycles. The highest BCUT2D eigenvalue weighted by Gasteiger charge is 2.42. The van der Waals surface area contributed by atoms with E-state index in [1.165, 1.54) is 116 Å². The summed E-state index contributed by atoms with van der Waals surface area (Å²) < 4.78 is 194. The summed E-state index contributed by atoms with van der Waals surface area (Å²) in [5.41, 5.74) is -0.0732. The van der Waals surface area contributed by atoms with Crippen LogP contribution in [0.5, 0.6) is 23.0 Å². The van der Waals surface area contributed by atoms with Crippen molar-refractivity contribution in [3.63, 3.8) is 0 Å². The molecule has 8 heterocycles. The minimum Gasteiger partial charge on any atom is -0.506 e. The Bertz CT molecular complexity index is 7840. The number of anilines is 6. The van der Waals surface area contributed by atoms with Crippen molar-refractivity contribution in [2.45, 2.75) is 117 Å². The SMILES string of the molecule is CCOP1(=O)N=C(c2c(O)c3cc(F)ccc3n(CCC3CC3)c2=O)Nc2ccc(N(CC)S(C)(=O)=O)cc21.COP1(=O)N=C(c2c(O)c3cc(F)ccc3n(CCC3CC3)c2=O)Nc2ccccc21.CS(=O)(=O)Nc1ccc2c(c1)P(=O)(O)N=C(c1c(O)c3cc(F)ccc3n(CCC3CC3)c1=O)N2.O=c1c(C2=NP(=O)(O)c3ccccc3N2)c(O)c2cc(F)ccc2n1CCC1CC1. The minimum absolute atomic E-state index is 0.0157. The quantitative estimate of drug-likeness (QED) is 0.0198. The molecule has 0 spiro atoms. The van der Waals surface area contributed by atoms with E-state index >= 15 is 0 Å². The second kappa shape index (κ2) is 36.7. The molecule has 4 aliphatic carbocycles. The first-order valence-electron chi connectivity index (χ1n) is 43.4. The molecule has 20 rings (SSSR count). The summed E-state index contributed by atoms with van der Waals surface area (Å²) in [5.74, 6) is -2.83. The Morgan fingerprint density at radius 3 is 1.10 bits per heavy atom. The van der Waals surface area contributed by atoms with E-state index in [0.29, 0.717) is 88.6 Å². The largest absolute Gasteiger partial charge is 0.506 e. The minimum atomic E-state index is -4.48. The van der Waals surface area contributed by atoms with Gasteiger partial charge >= 0.3 is 30.1 Å². The zero-order chi connectivity index (χ0) is 96.0. The van der Waals surface area contributed by atoms with Crippen molar-refractivity contribution in [3.05, 3.63) is 245 Å². The Hall–Kier alpha value is -12.3. The van der Waals surface area contributed by atoms with E-state index in [1.54, 1.807) is 62.4 Å². The molecule has 8 aromatic carbocycles. The third-order valence-corrected chi connectivity index (χ3v) is 33.2. The number of sulfonamides is 2. The molecule has 4 fully saturated rings. The van der Waals surface area contributed by atoms with Crippen molar-refractivity contribution in [3.8, 4) is 23.0 Å². The first kappa shape index (κ1) is 94.4. The van der Waals surface area contributed by atoms with Crippen LogP contribution >= 0.6 is 30.1 Å². The van der Waals surface area contributed by atoms with Crippen LogP contribution in [0.2, 0.25) is 0 Å². The number of aromatic hydroxyl groups is 4. The van der Waals surface area contributed by atoms with Crippen molar-refractivity contribution in [2.75, 3.05) is 63.1 Å². The van der Waals surface area contributed by atoms with Gasteiger partial charge in [-0.15, -0.1) is 0 Å². The Morgan fingerprint density at radius 1 is 0.422 bits per heavy atom. The van der Waals surface area contributed by atoms with E-state index in [0.717, 1.165) is 112 Å². The molecule has 135 heavy (non-hydrogen) atoms. The number of fused-ring (bicyclic) bond motifs is 8. The highest BCUT2D eigenvalue weighted by atomic mass is 32.2. The number of nitrogens with one attached hydrogen (secondary N) is 5. The maximum atomic E-state index is 14.2. The summed E-state index contributed by atoms with van der Waals surface area (Å²) in [4.78, 5) is 75.2. The summed E-state index contributed by atoms with van der Waals surface area (Å²) in [5, 5.41) is 56.7. The lowest BCUT2D eigenvalue weighted by Gasteiger charge is -2.28. The van der Waals surface area contributed by atoms with Crippen molar-refractivity contribution in [2.24, 2.45) is 42.7 Å². The first-order valence-corrected chi connectivity index (χ1v) is 53.5. The van der Waals surface area contributed by atoms with Crippen molar-refractivity contribution in [1.82, 2.24) is 18.3 Å². The average Bonchev–Trinajstić information content (AvgIpc) is 1.74. The van der Waals surface area contributed by atoms with Gasteiger partial charge in [0.15, 0.2) is 23.3 Å². The maximum absolute atomic E-state index is 14.2. The van der Waals surface area contributed by atoms with E-state index in [4.69, 9.17) is 9.05 Å². The van der Waals surface area contributed by atoms with Crippen LogP contribution in [0.15, 0.2) is 196 Å². The van der Waals surface area contributed by atoms with Crippen LogP contribution < -0.4 is 73.7 Å². The standard InChI is InChI=1S/C26H30FN4O6PS.C22H22FN4O6PS.C22H21FN3O4P.C21H19FN3O4P/c1-4-31(39(3,35)36)18-9-10-20-22(15-18)38(34,37-5-2)29-25(28-20)23-24(32)19-14-17(27)8-11-21(19)30(26(23)33)13-12-16-6-7-16;1-35(32,33)26-14-5-6-16-18(11-14)34(30,31)25-21(24-16)19-20(28)15-10-13(23)4-7-17(15)27(22(19)29)9-8-12-2-3-12;1-30-31(29)18-5-3-2-4-16(18)24-21(25-31)19-20(27)15-12-14(23)8-9-17(15)26(22(19)28)11-10-13-6-7-13;22-13-7-8-16-14(11-13)19(26)18(21(27)25(16)10-9-12-5-6-12)20-23-15-3-1-2-4-17(15)30(28,29)24-20/h8-11,14-16,32H,4-7,12-13H2,1-3H3,(H,28,29,34);4-7,10-12,26,28H,2-3,8-9H2,1H3,(H2,24,25,30,31);2-5,8-9,12-13,27H,6-7,10-11H2,1H3,(H,24,25,29);1-4,7-8,11-12,26H,5-6,9-10H2,(H2,23,24,28,29). The number of halogens is 4. The maximum Gasteiger partial charge on any atom is 0.348 e. The van der Waals surface area contributed by atoms with Gasteiger partial charge in [-0.1, -0.05) is 75.6 Å². The molecule has 4 unspecified atom stereocenters. The normalized spacial score (nSPS) is 19.8. The van der Waals surface area contributed by atoms with Gasteiger partial charge in [0.25, 0.3) is 22.2 Å². The average molecular weight is 1970 g/mol. The lowest BCUT2D eigenvalue weighted by atomic mass is 10.1. The van der Waals surface area contributed by atoms with Crippen LogP contribution in [0.3, 0.4) is 0 Å². The number of pyridine rings is 4. The number of nitrogens with zero attached hydrogens (tertiary/aromatic N) is 9. The number of hydrogen-bond donors (Lipinski definition) is 11. The van der Waals surface area contributed by atoms with Crippen LogP contribution in [0.25, 0.3) is 43.6 Å². The van der Waals surface area contributed by atoms with E-state index in [2.05, 4.69) is 45.0 Å². The Balaban J connectivity index is 0.000000126. The van der Waals surface area contributed by atoms with E-state index in [1.807, 2.05) is 0 Å². The number of hydrogen-bond acceptors (Lipinski definition) is 22. The monoisotopic (exact) mass is 1960 g/mol. The fourth-order valence-electron chi connectivity index (χ4n) is 16.9. The molecule has 4 atom stereocenters. The summed E-state index contributed by atoms with van der Waals surface area (Å²) >= 11 is 0. The number of rotatable bonds is 24. The summed E-state index contributed by atoms with van der Waals surface area (Å²) in [6, 6.07) is 36.9. The topological polar surface area (TPSA) is 477 Å². The van der Waals surface area contributed by atoms with Crippen molar-refractivity contribution in [1.29, 1.82) is 0 Å². The second-order valence-corrected chi connectivity index (χ2v) is 45.4. The van der Waals surface area contributed by atoms with Gasteiger partial charge in [0, 0.05) is 67.1 Å². The van der Waals surface area contributed by atoms with Crippen LogP contribution in [0, 0.1) is 46.9 Å². The van der Waals surface area contributed by atoms with Crippen molar-refractivity contribution < 1.29 is 91.9 Å². The van der Waals surface area contributed by atoms with Crippen LogP contribution in [-0.4, -0.2) is 121 Å². The van der Waals surface area contributed by atoms with Gasteiger partial charge in [0.05, 0.1) is 90.8 Å². The fraction of sp³-hybridized carbons (Fsp3) is 0.297. The molecule has 4 aliphatic heterocycles. The predicted molar refractivity (Wildman–Crippen MR) is 513 cm³/mol.